The Labute approximate surface area is 146 Å². The number of anilines is 2. The summed E-state index contributed by atoms with van der Waals surface area (Å²) in [5.41, 5.74) is 3.19. The zero-order valence-corrected chi connectivity index (χ0v) is 14.4. The van der Waals surface area contributed by atoms with Gasteiger partial charge in [0.25, 0.3) is 0 Å². The number of benzene rings is 1. The van der Waals surface area contributed by atoms with Gasteiger partial charge in [-0.1, -0.05) is 5.16 Å². The fraction of sp³-hybridized carbons (Fsp3) is 0.389. The molecule has 1 aliphatic rings. The number of nitrogens with zero attached hydrogens (tertiary/aromatic N) is 1. The summed E-state index contributed by atoms with van der Waals surface area (Å²) in [6, 6.07) is 7.17. The van der Waals surface area contributed by atoms with Gasteiger partial charge in [-0.15, -0.1) is 0 Å². The Morgan fingerprint density at radius 3 is 2.32 bits per heavy atom. The number of hydrogen-bond acceptors (Lipinski definition) is 4. The van der Waals surface area contributed by atoms with Gasteiger partial charge in [0, 0.05) is 29.4 Å². The van der Waals surface area contributed by atoms with Crippen molar-refractivity contribution in [3.8, 4) is 0 Å². The first-order valence-corrected chi connectivity index (χ1v) is 8.40. The van der Waals surface area contributed by atoms with E-state index >= 15 is 0 Å². The number of hydrogen-bond donors (Lipinski definition) is 3. The molecule has 1 fully saturated rings. The van der Waals surface area contributed by atoms with E-state index in [0.29, 0.717) is 30.3 Å². The first-order valence-electron chi connectivity index (χ1n) is 8.40. The van der Waals surface area contributed by atoms with E-state index < -0.39 is 0 Å². The smallest absolute Gasteiger partial charge is 0.319 e. The van der Waals surface area contributed by atoms with Crippen LogP contribution in [0.1, 0.15) is 36.3 Å². The van der Waals surface area contributed by atoms with Crippen LogP contribution >= 0.6 is 0 Å². The molecule has 0 radical (unpaired) electrons. The molecular weight excluding hydrogens is 320 g/mol. The average molecular weight is 342 g/mol. The molecule has 3 N–H and O–H groups in total. The molecular formula is C18H22N4O3. The average Bonchev–Trinajstić information content (AvgIpc) is 3.32. The van der Waals surface area contributed by atoms with Crippen LogP contribution in [0.4, 0.5) is 16.2 Å². The number of amides is 3. The number of nitrogens with one attached hydrogen (secondary N) is 3. The lowest BCUT2D eigenvalue weighted by Gasteiger charge is -2.08. The fourth-order valence-electron chi connectivity index (χ4n) is 2.54. The summed E-state index contributed by atoms with van der Waals surface area (Å²) >= 11 is 0. The van der Waals surface area contributed by atoms with Gasteiger partial charge >= 0.3 is 6.03 Å². The second-order valence-electron chi connectivity index (χ2n) is 6.30. The predicted octanol–water partition coefficient (Wildman–Crippen LogP) is 3.15. The molecule has 1 aromatic carbocycles. The van der Waals surface area contributed by atoms with Gasteiger partial charge in [-0.2, -0.15) is 0 Å². The normalized spacial score (nSPS) is 13.4. The lowest BCUT2D eigenvalue weighted by Crippen LogP contribution is -2.30. The van der Waals surface area contributed by atoms with Crippen LogP contribution in [-0.2, 0) is 11.2 Å². The molecule has 0 atom stereocenters. The summed E-state index contributed by atoms with van der Waals surface area (Å²) < 4.78 is 5.10. The number of urea groups is 1. The fourth-order valence-corrected chi connectivity index (χ4v) is 2.54. The lowest BCUT2D eigenvalue weighted by molar-refractivity contribution is -0.116. The number of aromatic nitrogens is 1. The highest BCUT2D eigenvalue weighted by atomic mass is 16.5. The molecule has 3 amide bonds. The first-order chi connectivity index (χ1) is 12.0. The van der Waals surface area contributed by atoms with E-state index in [4.69, 9.17) is 4.52 Å². The predicted molar refractivity (Wildman–Crippen MR) is 94.5 cm³/mol. The Balaban J connectivity index is 1.47. The van der Waals surface area contributed by atoms with Crippen molar-refractivity contribution in [3.63, 3.8) is 0 Å². The van der Waals surface area contributed by atoms with E-state index in [1.54, 1.807) is 24.3 Å². The minimum atomic E-state index is -0.196. The molecule has 0 saturated heterocycles. The summed E-state index contributed by atoms with van der Waals surface area (Å²) in [7, 11) is 0. The topological polar surface area (TPSA) is 96.3 Å². The second-order valence-corrected chi connectivity index (χ2v) is 6.30. The molecule has 1 aromatic heterocycles. The van der Waals surface area contributed by atoms with Gasteiger partial charge in [0.15, 0.2) is 0 Å². The highest BCUT2D eigenvalue weighted by Gasteiger charge is 2.23. The standard InChI is InChI=1S/C18H22N4O3/c1-11-16(12(2)25-22-11)9-10-17(23)19-13-3-5-14(6-4-13)20-18(24)21-15-7-8-15/h3-6,15H,7-10H2,1-2H3,(H,19,23)(H2,20,21,24). The minimum Gasteiger partial charge on any atom is -0.361 e. The van der Waals surface area contributed by atoms with Crippen LogP contribution in [0.5, 0.6) is 0 Å². The van der Waals surface area contributed by atoms with Gasteiger partial charge in [-0.05, 0) is 57.4 Å². The summed E-state index contributed by atoms with van der Waals surface area (Å²) in [5.74, 6) is 0.678. The van der Waals surface area contributed by atoms with Crippen molar-refractivity contribution in [2.24, 2.45) is 0 Å². The summed E-state index contributed by atoms with van der Waals surface area (Å²) in [6.45, 7) is 3.72. The third-order valence-corrected chi connectivity index (χ3v) is 4.12. The van der Waals surface area contributed by atoms with Gasteiger partial charge in [-0.3, -0.25) is 4.79 Å². The van der Waals surface area contributed by atoms with Crippen LogP contribution in [0.2, 0.25) is 0 Å². The molecule has 0 unspecified atom stereocenters. The third kappa shape index (κ3) is 4.82. The van der Waals surface area contributed by atoms with Gasteiger partial charge < -0.3 is 20.5 Å². The second kappa shape index (κ2) is 7.38. The summed E-state index contributed by atoms with van der Waals surface area (Å²) in [5, 5.41) is 12.4. The molecule has 132 valence electrons. The Bertz CT molecular complexity index is 744. The molecule has 0 aliphatic heterocycles. The number of aryl methyl sites for hydroxylation is 2. The van der Waals surface area contributed by atoms with Crippen molar-refractivity contribution < 1.29 is 14.1 Å². The summed E-state index contributed by atoms with van der Waals surface area (Å²) in [6.07, 6.45) is 3.04. The zero-order chi connectivity index (χ0) is 17.8. The van der Waals surface area contributed by atoms with Crippen molar-refractivity contribution in [2.45, 2.75) is 45.6 Å². The van der Waals surface area contributed by atoms with Crippen molar-refractivity contribution >= 4 is 23.3 Å². The molecule has 1 saturated carbocycles. The van der Waals surface area contributed by atoms with Crippen LogP contribution in [0.25, 0.3) is 0 Å². The molecule has 25 heavy (non-hydrogen) atoms. The third-order valence-electron chi connectivity index (χ3n) is 4.12. The van der Waals surface area contributed by atoms with Gasteiger partial charge in [0.1, 0.15) is 5.76 Å². The van der Waals surface area contributed by atoms with E-state index in [1.165, 1.54) is 0 Å². The highest BCUT2D eigenvalue weighted by molar-refractivity contribution is 5.92. The van der Waals surface area contributed by atoms with Crippen LogP contribution in [-0.4, -0.2) is 23.1 Å². The van der Waals surface area contributed by atoms with Crippen LogP contribution in [0.3, 0.4) is 0 Å². The Morgan fingerprint density at radius 1 is 1.12 bits per heavy atom. The largest absolute Gasteiger partial charge is 0.361 e. The van der Waals surface area contributed by atoms with E-state index in [0.717, 1.165) is 29.9 Å². The van der Waals surface area contributed by atoms with E-state index in [1.807, 2.05) is 13.8 Å². The Hall–Kier alpha value is -2.83. The maximum Gasteiger partial charge on any atom is 0.319 e. The highest BCUT2D eigenvalue weighted by Crippen LogP contribution is 2.19. The Kier molecular flexibility index (Phi) is 5.02. The molecule has 0 bridgehead atoms. The van der Waals surface area contributed by atoms with Gasteiger partial charge in [-0.25, -0.2) is 4.79 Å². The molecule has 0 spiro atoms. The number of rotatable bonds is 6. The number of carbonyl (C=O) groups is 2. The maximum atomic E-state index is 12.1. The van der Waals surface area contributed by atoms with Crippen LogP contribution < -0.4 is 16.0 Å². The lowest BCUT2D eigenvalue weighted by atomic mass is 10.1. The van der Waals surface area contributed by atoms with E-state index in [2.05, 4.69) is 21.1 Å². The minimum absolute atomic E-state index is 0.0767. The Morgan fingerprint density at radius 2 is 1.76 bits per heavy atom. The zero-order valence-electron chi connectivity index (χ0n) is 14.4. The van der Waals surface area contributed by atoms with Crippen molar-refractivity contribution in [2.75, 3.05) is 10.6 Å². The van der Waals surface area contributed by atoms with Crippen LogP contribution in [0.15, 0.2) is 28.8 Å². The maximum absolute atomic E-state index is 12.1. The SMILES string of the molecule is Cc1noc(C)c1CCC(=O)Nc1ccc(NC(=O)NC2CC2)cc1. The summed E-state index contributed by atoms with van der Waals surface area (Å²) in [4.78, 5) is 23.8. The van der Waals surface area contributed by atoms with E-state index in [-0.39, 0.29) is 11.9 Å². The quantitative estimate of drug-likeness (QED) is 0.751. The van der Waals surface area contributed by atoms with Crippen molar-refractivity contribution in [1.29, 1.82) is 0 Å². The van der Waals surface area contributed by atoms with Crippen molar-refractivity contribution in [3.05, 3.63) is 41.3 Å². The van der Waals surface area contributed by atoms with E-state index in [9.17, 15) is 9.59 Å². The molecule has 2 aromatic rings. The molecule has 1 heterocycles. The first kappa shape index (κ1) is 17.0. The van der Waals surface area contributed by atoms with Crippen LogP contribution in [0, 0.1) is 13.8 Å². The van der Waals surface area contributed by atoms with Gasteiger partial charge in [0.05, 0.1) is 5.69 Å². The molecule has 7 nitrogen and oxygen atoms in total. The monoisotopic (exact) mass is 342 g/mol. The molecule has 1 aliphatic carbocycles. The van der Waals surface area contributed by atoms with Gasteiger partial charge in [0.2, 0.25) is 5.91 Å². The van der Waals surface area contributed by atoms with Crippen molar-refractivity contribution in [1.82, 2.24) is 10.5 Å². The molecule has 7 heteroatoms. The molecule has 3 rings (SSSR count). The number of carbonyl (C=O) groups excluding carboxylic acids is 2.